The van der Waals surface area contributed by atoms with Crippen LogP contribution in [0.2, 0.25) is 0 Å². The summed E-state index contributed by atoms with van der Waals surface area (Å²) in [5.41, 5.74) is 6.96. The maximum atomic E-state index is 13.2. The van der Waals surface area contributed by atoms with Crippen LogP contribution in [0.1, 0.15) is 44.9 Å². The van der Waals surface area contributed by atoms with Crippen LogP contribution in [0.5, 0.6) is 0 Å². The Morgan fingerprint density at radius 1 is 1.05 bits per heavy atom. The predicted octanol–water partition coefficient (Wildman–Crippen LogP) is 0.362. The molecule has 0 aliphatic heterocycles. The highest BCUT2D eigenvalue weighted by Crippen LogP contribution is 2.13. The van der Waals surface area contributed by atoms with E-state index in [0.717, 1.165) is 5.56 Å². The zero-order chi connectivity index (χ0) is 28.9. The normalized spacial score (nSPS) is 12.2. The molecule has 0 spiro atoms. The lowest BCUT2D eigenvalue weighted by Crippen LogP contribution is -2.55. The van der Waals surface area contributed by atoms with Gasteiger partial charge in [0.2, 0.25) is 17.7 Å². The third kappa shape index (κ3) is 11.2. The average molecular weight is 545 g/mol. The van der Waals surface area contributed by atoms with Gasteiger partial charge in [0.1, 0.15) is 25.2 Å². The number of benzene rings is 1. The Labute approximate surface area is 226 Å². The van der Waals surface area contributed by atoms with Crippen LogP contribution in [0.25, 0.3) is 0 Å². The molecule has 0 saturated carbocycles. The predicted molar refractivity (Wildman–Crippen MR) is 141 cm³/mol. The fourth-order valence-electron chi connectivity index (χ4n) is 3.52. The van der Waals surface area contributed by atoms with E-state index in [-0.39, 0.29) is 32.0 Å². The van der Waals surface area contributed by atoms with Gasteiger partial charge in [-0.15, -0.1) is 5.10 Å². The molecule has 0 aliphatic carbocycles. The molecular weight excluding hydrogens is 508 g/mol. The number of aromatic nitrogens is 3. The van der Waals surface area contributed by atoms with Crippen molar-refractivity contribution in [2.45, 2.75) is 65.8 Å². The lowest BCUT2D eigenvalue weighted by molar-refractivity contribution is -0.142. The summed E-state index contributed by atoms with van der Waals surface area (Å²) in [5.74, 6) is -2.14. The average Bonchev–Trinajstić information content (AvgIpc) is 3.27. The first-order chi connectivity index (χ1) is 18.4. The molecule has 0 aliphatic rings. The molecule has 14 nitrogen and oxygen atoms in total. The van der Waals surface area contributed by atoms with Gasteiger partial charge in [-0.25, -0.2) is 9.48 Å². The molecule has 0 bridgehead atoms. The summed E-state index contributed by atoms with van der Waals surface area (Å²) < 4.78 is 6.32. The van der Waals surface area contributed by atoms with Gasteiger partial charge in [-0.2, -0.15) is 0 Å². The minimum Gasteiger partial charge on any atom is -0.461 e. The second-order valence-electron chi connectivity index (χ2n) is 9.31. The van der Waals surface area contributed by atoms with E-state index >= 15 is 0 Å². The molecule has 0 radical (unpaired) electrons. The molecule has 5 amide bonds. The second-order valence-corrected chi connectivity index (χ2v) is 9.31. The molecule has 1 aromatic carbocycles. The first kappa shape index (κ1) is 30.7. The monoisotopic (exact) mass is 544 g/mol. The van der Waals surface area contributed by atoms with Crippen molar-refractivity contribution in [3.05, 3.63) is 41.7 Å². The molecule has 39 heavy (non-hydrogen) atoms. The zero-order valence-electron chi connectivity index (χ0n) is 22.5. The number of hydrogen-bond donors (Lipinski definition) is 5. The number of ether oxygens (including phenoxy) is 1. The second kappa shape index (κ2) is 15.1. The molecule has 1 aromatic heterocycles. The molecule has 1 heterocycles. The van der Waals surface area contributed by atoms with Gasteiger partial charge in [0.25, 0.3) is 0 Å². The topological polar surface area (TPSA) is 199 Å². The van der Waals surface area contributed by atoms with Gasteiger partial charge in [-0.1, -0.05) is 31.2 Å². The van der Waals surface area contributed by atoms with Gasteiger partial charge < -0.3 is 31.7 Å². The van der Waals surface area contributed by atoms with Gasteiger partial charge in [-0.05, 0) is 43.4 Å². The summed E-state index contributed by atoms with van der Waals surface area (Å²) in [6, 6.07) is 4.11. The standard InChI is InChI=1S/C25H36N8O6/c1-15(2)22(30-21(35)13-33-12-16(3)31-32-33)24(37)29-20(6-5-11-27-25(26)38)23(36)28-19-9-7-18(8-10-19)14-39-17(4)34/h7-10,12,15,20,22H,5-6,11,13-14H2,1-4H3,(H,28,36)(H,29,37)(H,30,35)(H3,26,27,38)/t20-,22-/m0/s1. The van der Waals surface area contributed by atoms with Crippen molar-refractivity contribution in [3.63, 3.8) is 0 Å². The molecule has 6 N–H and O–H groups in total. The summed E-state index contributed by atoms with van der Waals surface area (Å²) in [6.07, 6.45) is 2.15. The van der Waals surface area contributed by atoms with E-state index in [1.54, 1.807) is 51.2 Å². The molecule has 2 rings (SSSR count). The number of nitrogens with one attached hydrogen (secondary N) is 4. The molecule has 0 fully saturated rings. The van der Waals surface area contributed by atoms with Crippen LogP contribution in [0, 0.1) is 12.8 Å². The summed E-state index contributed by atoms with van der Waals surface area (Å²) >= 11 is 0. The van der Waals surface area contributed by atoms with Crippen molar-refractivity contribution in [1.82, 2.24) is 30.9 Å². The Morgan fingerprint density at radius 2 is 1.74 bits per heavy atom. The van der Waals surface area contributed by atoms with E-state index < -0.39 is 41.8 Å². The lowest BCUT2D eigenvalue weighted by atomic mass is 10.0. The third-order valence-electron chi connectivity index (χ3n) is 5.49. The van der Waals surface area contributed by atoms with Crippen LogP contribution in [-0.2, 0) is 37.1 Å². The number of aryl methyl sites for hydroxylation is 1. The first-order valence-electron chi connectivity index (χ1n) is 12.5. The number of carbonyl (C=O) groups excluding carboxylic acids is 5. The zero-order valence-corrected chi connectivity index (χ0v) is 22.5. The van der Waals surface area contributed by atoms with Gasteiger partial charge >= 0.3 is 12.0 Å². The minimum atomic E-state index is -0.969. The Bertz CT molecular complexity index is 1150. The van der Waals surface area contributed by atoms with Gasteiger partial charge in [0.15, 0.2) is 0 Å². The van der Waals surface area contributed by atoms with E-state index in [4.69, 9.17) is 10.5 Å². The summed E-state index contributed by atoms with van der Waals surface area (Å²) in [6.45, 7) is 6.80. The van der Waals surface area contributed by atoms with Crippen molar-refractivity contribution < 1.29 is 28.7 Å². The van der Waals surface area contributed by atoms with Crippen molar-refractivity contribution in [2.24, 2.45) is 11.7 Å². The largest absolute Gasteiger partial charge is 0.461 e. The minimum absolute atomic E-state index is 0.105. The van der Waals surface area contributed by atoms with Crippen molar-refractivity contribution in [3.8, 4) is 0 Å². The third-order valence-corrected chi connectivity index (χ3v) is 5.49. The van der Waals surface area contributed by atoms with Crippen LogP contribution in [-0.4, -0.2) is 63.3 Å². The van der Waals surface area contributed by atoms with Gasteiger partial charge in [0.05, 0.1) is 5.69 Å². The van der Waals surface area contributed by atoms with Crippen LogP contribution in [0.4, 0.5) is 10.5 Å². The number of urea groups is 1. The van der Waals surface area contributed by atoms with Crippen molar-refractivity contribution >= 4 is 35.4 Å². The molecule has 0 saturated heterocycles. The van der Waals surface area contributed by atoms with Crippen LogP contribution < -0.4 is 27.0 Å². The summed E-state index contributed by atoms with van der Waals surface area (Å²) in [7, 11) is 0. The molecule has 2 aromatic rings. The maximum Gasteiger partial charge on any atom is 0.312 e. The maximum absolute atomic E-state index is 13.2. The van der Waals surface area contributed by atoms with Crippen LogP contribution >= 0.6 is 0 Å². The van der Waals surface area contributed by atoms with E-state index in [1.807, 2.05) is 0 Å². The Balaban J connectivity index is 2.07. The van der Waals surface area contributed by atoms with Crippen molar-refractivity contribution in [2.75, 3.05) is 11.9 Å². The highest BCUT2D eigenvalue weighted by Gasteiger charge is 2.29. The molecule has 212 valence electrons. The number of rotatable bonds is 14. The number of anilines is 1. The Hall–Kier alpha value is -4.49. The Kier molecular flexibility index (Phi) is 11.9. The van der Waals surface area contributed by atoms with Crippen LogP contribution in [0.3, 0.4) is 0 Å². The van der Waals surface area contributed by atoms with E-state index in [0.29, 0.717) is 17.8 Å². The van der Waals surface area contributed by atoms with E-state index in [1.165, 1.54) is 11.6 Å². The molecule has 2 atom stereocenters. The smallest absolute Gasteiger partial charge is 0.312 e. The highest BCUT2D eigenvalue weighted by atomic mass is 16.5. The van der Waals surface area contributed by atoms with Crippen molar-refractivity contribution in [1.29, 1.82) is 0 Å². The number of hydrogen-bond acceptors (Lipinski definition) is 8. The van der Waals surface area contributed by atoms with E-state index in [2.05, 4.69) is 31.6 Å². The fraction of sp³-hybridized carbons (Fsp3) is 0.480. The molecular formula is C25H36N8O6. The summed E-state index contributed by atoms with van der Waals surface area (Å²) in [4.78, 5) is 60.8. The first-order valence-corrected chi connectivity index (χ1v) is 12.5. The molecule has 14 heteroatoms. The highest BCUT2D eigenvalue weighted by molar-refractivity contribution is 5.98. The lowest BCUT2D eigenvalue weighted by Gasteiger charge is -2.25. The SMILES string of the molecule is CC(=O)OCc1ccc(NC(=O)[C@H](CCCNC(N)=O)NC(=O)[C@@H](NC(=O)Cn2cc(C)nn2)C(C)C)cc1. The van der Waals surface area contributed by atoms with Crippen LogP contribution in [0.15, 0.2) is 30.5 Å². The summed E-state index contributed by atoms with van der Waals surface area (Å²) in [5, 5.41) is 18.3. The number of amides is 5. The number of carbonyl (C=O) groups is 5. The van der Waals surface area contributed by atoms with E-state index in [9.17, 15) is 24.0 Å². The quantitative estimate of drug-likeness (QED) is 0.166. The number of esters is 1. The number of nitrogens with two attached hydrogens (primary N) is 1. The van der Waals surface area contributed by atoms with Gasteiger partial charge in [0, 0.05) is 25.4 Å². The number of primary amides is 1. The molecule has 0 unspecified atom stereocenters. The number of nitrogens with zero attached hydrogens (tertiary/aromatic N) is 3. The fourth-order valence-corrected chi connectivity index (χ4v) is 3.52. The Morgan fingerprint density at radius 3 is 2.31 bits per heavy atom. The van der Waals surface area contributed by atoms with Gasteiger partial charge in [-0.3, -0.25) is 19.2 Å².